The molecule has 0 spiro atoms. The molecule has 0 aliphatic carbocycles. The van der Waals surface area contributed by atoms with Crippen LogP contribution in [0, 0.1) is 0 Å². The number of carbonyl (C=O) groups excluding carboxylic acids is 2. The lowest BCUT2D eigenvalue weighted by Gasteiger charge is -2.11. The molecule has 0 bridgehead atoms. The zero-order chi connectivity index (χ0) is 12.8. The van der Waals surface area contributed by atoms with Crippen molar-refractivity contribution < 1.29 is 14.3 Å². The number of halogens is 1. The fraction of sp³-hybridized carbons (Fsp3) is 0.333. The Hall–Kier alpha value is -1.55. The normalized spacial score (nSPS) is 11.7. The Morgan fingerprint density at radius 3 is 2.47 bits per heavy atom. The summed E-state index contributed by atoms with van der Waals surface area (Å²) in [6.07, 6.45) is 0.207. The molecule has 0 aliphatic rings. The van der Waals surface area contributed by atoms with Crippen LogP contribution >= 0.6 is 11.6 Å². The fourth-order valence-electron chi connectivity index (χ4n) is 1.32. The number of esters is 1. The first-order valence-electron chi connectivity index (χ1n) is 5.14. The molecule has 1 aromatic rings. The minimum Gasteiger partial charge on any atom is -0.467 e. The van der Waals surface area contributed by atoms with Crippen LogP contribution < -0.4 is 5.32 Å². The van der Waals surface area contributed by atoms with Gasteiger partial charge in [0.25, 0.3) is 0 Å². The molecule has 0 radical (unpaired) electrons. The highest BCUT2D eigenvalue weighted by molar-refractivity contribution is 6.30. The number of amides is 1. The first-order valence-corrected chi connectivity index (χ1v) is 5.52. The van der Waals surface area contributed by atoms with Crippen molar-refractivity contribution >= 4 is 23.5 Å². The molecule has 0 saturated heterocycles. The van der Waals surface area contributed by atoms with E-state index in [-0.39, 0.29) is 12.3 Å². The van der Waals surface area contributed by atoms with Crippen molar-refractivity contribution in [3.63, 3.8) is 0 Å². The highest BCUT2D eigenvalue weighted by atomic mass is 35.5. The maximum atomic E-state index is 11.6. The van der Waals surface area contributed by atoms with Crippen molar-refractivity contribution in [3.8, 4) is 0 Å². The molecule has 1 aromatic carbocycles. The van der Waals surface area contributed by atoms with E-state index in [4.69, 9.17) is 11.6 Å². The Labute approximate surface area is 105 Å². The van der Waals surface area contributed by atoms with Crippen molar-refractivity contribution in [2.24, 2.45) is 0 Å². The van der Waals surface area contributed by atoms with Crippen LogP contribution in [-0.4, -0.2) is 25.0 Å². The topological polar surface area (TPSA) is 55.4 Å². The van der Waals surface area contributed by atoms with Gasteiger partial charge < -0.3 is 10.1 Å². The fourth-order valence-corrected chi connectivity index (χ4v) is 1.44. The van der Waals surface area contributed by atoms with Gasteiger partial charge in [-0.05, 0) is 24.6 Å². The van der Waals surface area contributed by atoms with Crippen LogP contribution in [0.5, 0.6) is 0 Å². The van der Waals surface area contributed by atoms with E-state index in [2.05, 4.69) is 10.1 Å². The third kappa shape index (κ3) is 4.44. The van der Waals surface area contributed by atoms with Crippen LogP contribution in [0.2, 0.25) is 5.02 Å². The number of methoxy groups -OCH3 is 1. The van der Waals surface area contributed by atoms with E-state index in [0.717, 1.165) is 5.56 Å². The number of nitrogens with one attached hydrogen (secondary N) is 1. The average Bonchev–Trinajstić information content (AvgIpc) is 2.30. The van der Waals surface area contributed by atoms with Gasteiger partial charge in [-0.1, -0.05) is 23.7 Å². The van der Waals surface area contributed by atoms with E-state index in [1.165, 1.54) is 7.11 Å². The number of ether oxygens (including phenoxy) is 1. The van der Waals surface area contributed by atoms with E-state index in [1.54, 1.807) is 31.2 Å². The van der Waals surface area contributed by atoms with Gasteiger partial charge in [-0.3, -0.25) is 4.79 Å². The first kappa shape index (κ1) is 13.5. The molecule has 0 fully saturated rings. The third-order valence-corrected chi connectivity index (χ3v) is 2.46. The van der Waals surface area contributed by atoms with Gasteiger partial charge in [0.15, 0.2) is 0 Å². The molecule has 1 atom stereocenters. The number of carbonyl (C=O) groups is 2. The van der Waals surface area contributed by atoms with Gasteiger partial charge in [0.05, 0.1) is 13.5 Å². The van der Waals surface area contributed by atoms with Crippen molar-refractivity contribution in [1.29, 1.82) is 0 Å². The van der Waals surface area contributed by atoms with Crippen LogP contribution in [0.3, 0.4) is 0 Å². The molecule has 0 aliphatic heterocycles. The maximum Gasteiger partial charge on any atom is 0.328 e. The van der Waals surface area contributed by atoms with E-state index in [0.29, 0.717) is 5.02 Å². The SMILES string of the molecule is COC(=O)C(C)NC(=O)Cc1ccc(Cl)cc1. The summed E-state index contributed by atoms with van der Waals surface area (Å²) in [6.45, 7) is 1.57. The third-order valence-electron chi connectivity index (χ3n) is 2.21. The van der Waals surface area contributed by atoms with Crippen molar-refractivity contribution in [1.82, 2.24) is 5.32 Å². The predicted molar refractivity (Wildman–Crippen MR) is 64.8 cm³/mol. The summed E-state index contributed by atoms with van der Waals surface area (Å²) < 4.78 is 4.51. The van der Waals surface area contributed by atoms with Gasteiger partial charge in [-0.2, -0.15) is 0 Å². The van der Waals surface area contributed by atoms with Crippen molar-refractivity contribution in [2.45, 2.75) is 19.4 Å². The van der Waals surface area contributed by atoms with Gasteiger partial charge in [0.2, 0.25) is 5.91 Å². The summed E-state index contributed by atoms with van der Waals surface area (Å²) in [4.78, 5) is 22.7. The van der Waals surface area contributed by atoms with Gasteiger partial charge in [0, 0.05) is 5.02 Å². The van der Waals surface area contributed by atoms with Crippen LogP contribution in [0.4, 0.5) is 0 Å². The molecular weight excluding hydrogens is 242 g/mol. The molecule has 1 N–H and O–H groups in total. The smallest absolute Gasteiger partial charge is 0.328 e. The number of hydrogen-bond donors (Lipinski definition) is 1. The largest absolute Gasteiger partial charge is 0.467 e. The lowest BCUT2D eigenvalue weighted by Crippen LogP contribution is -2.39. The molecule has 1 amide bonds. The lowest BCUT2D eigenvalue weighted by atomic mass is 10.1. The number of hydrogen-bond acceptors (Lipinski definition) is 3. The number of benzene rings is 1. The summed E-state index contributed by atoms with van der Waals surface area (Å²) in [5, 5.41) is 3.17. The van der Waals surface area contributed by atoms with Crippen LogP contribution in [0.1, 0.15) is 12.5 Å². The Kier molecular flexibility index (Phi) is 4.97. The summed E-state index contributed by atoms with van der Waals surface area (Å²) in [6, 6.07) is 6.33. The monoisotopic (exact) mass is 255 g/mol. The summed E-state index contributed by atoms with van der Waals surface area (Å²) in [7, 11) is 1.28. The molecule has 17 heavy (non-hydrogen) atoms. The van der Waals surface area contributed by atoms with E-state index >= 15 is 0 Å². The minimum atomic E-state index is -0.639. The minimum absolute atomic E-state index is 0.207. The second-order valence-corrected chi connectivity index (χ2v) is 4.05. The Balaban J connectivity index is 2.50. The van der Waals surface area contributed by atoms with Crippen LogP contribution in [-0.2, 0) is 20.7 Å². The Bertz CT molecular complexity index is 403. The Morgan fingerprint density at radius 1 is 1.35 bits per heavy atom. The second-order valence-electron chi connectivity index (χ2n) is 3.62. The molecular formula is C12H14ClNO3. The van der Waals surface area contributed by atoms with Gasteiger partial charge >= 0.3 is 5.97 Å². The molecule has 1 unspecified atom stereocenters. The zero-order valence-electron chi connectivity index (χ0n) is 9.70. The van der Waals surface area contributed by atoms with Crippen LogP contribution in [0.15, 0.2) is 24.3 Å². The summed E-state index contributed by atoms with van der Waals surface area (Å²) >= 11 is 5.73. The highest BCUT2D eigenvalue weighted by Gasteiger charge is 2.15. The van der Waals surface area contributed by atoms with E-state index in [9.17, 15) is 9.59 Å². The van der Waals surface area contributed by atoms with Crippen LogP contribution in [0.25, 0.3) is 0 Å². The first-order chi connectivity index (χ1) is 8.02. The summed E-state index contributed by atoms with van der Waals surface area (Å²) in [5.41, 5.74) is 0.837. The lowest BCUT2D eigenvalue weighted by molar-refractivity contribution is -0.144. The Morgan fingerprint density at radius 2 is 1.94 bits per heavy atom. The average molecular weight is 256 g/mol. The van der Waals surface area contributed by atoms with E-state index < -0.39 is 12.0 Å². The highest BCUT2D eigenvalue weighted by Crippen LogP contribution is 2.09. The molecule has 0 heterocycles. The van der Waals surface area contributed by atoms with Gasteiger partial charge in [0.1, 0.15) is 6.04 Å². The maximum absolute atomic E-state index is 11.6. The standard InChI is InChI=1S/C12H14ClNO3/c1-8(12(16)17-2)14-11(15)7-9-3-5-10(13)6-4-9/h3-6,8H,7H2,1-2H3,(H,14,15). The van der Waals surface area contributed by atoms with Gasteiger partial charge in [-0.25, -0.2) is 4.79 Å². The second kappa shape index (κ2) is 6.25. The van der Waals surface area contributed by atoms with E-state index in [1.807, 2.05) is 0 Å². The molecule has 4 nitrogen and oxygen atoms in total. The molecule has 0 aromatic heterocycles. The summed E-state index contributed by atoms with van der Waals surface area (Å²) in [5.74, 6) is -0.695. The molecule has 0 saturated carbocycles. The zero-order valence-corrected chi connectivity index (χ0v) is 10.5. The predicted octanol–water partition coefficient (Wildman–Crippen LogP) is 1.56. The van der Waals surface area contributed by atoms with Gasteiger partial charge in [-0.15, -0.1) is 0 Å². The molecule has 5 heteroatoms. The molecule has 92 valence electrons. The molecule has 1 rings (SSSR count). The van der Waals surface area contributed by atoms with Crippen molar-refractivity contribution in [2.75, 3.05) is 7.11 Å². The van der Waals surface area contributed by atoms with Crippen molar-refractivity contribution in [3.05, 3.63) is 34.9 Å². The number of rotatable bonds is 4. The quantitative estimate of drug-likeness (QED) is 0.831.